The van der Waals surface area contributed by atoms with E-state index in [9.17, 15) is 19.8 Å². The highest BCUT2D eigenvalue weighted by Crippen LogP contribution is 2.36. The van der Waals surface area contributed by atoms with Crippen LogP contribution in [0.2, 0.25) is 0 Å². The molecule has 0 fully saturated rings. The Morgan fingerprint density at radius 3 is 2.45 bits per heavy atom. The third-order valence-corrected chi connectivity index (χ3v) is 3.57. The smallest absolute Gasteiger partial charge is 0.326 e. The van der Waals surface area contributed by atoms with E-state index in [1.807, 2.05) is 25.1 Å². The first-order valence-electron chi connectivity index (χ1n) is 6.77. The van der Waals surface area contributed by atoms with Crippen LogP contribution < -0.4 is 4.90 Å². The Balaban J connectivity index is 2.54. The van der Waals surface area contributed by atoms with Crippen molar-refractivity contribution in [3.63, 3.8) is 0 Å². The number of aromatic hydroxyl groups is 1. The van der Waals surface area contributed by atoms with Crippen LogP contribution in [0.25, 0.3) is 10.8 Å². The molecular formula is C15H18N2O5. The number of fused-ring (bicyclic) bond motifs is 1. The fourth-order valence-electron chi connectivity index (χ4n) is 2.49. The largest absolute Gasteiger partial charge is 0.494 e. The molecule has 0 aliphatic rings. The van der Waals surface area contributed by atoms with Crippen LogP contribution in [0, 0.1) is 0 Å². The van der Waals surface area contributed by atoms with E-state index in [0.29, 0.717) is 10.8 Å². The molecule has 0 aliphatic heterocycles. The van der Waals surface area contributed by atoms with E-state index < -0.39 is 18.0 Å². The Morgan fingerprint density at radius 1 is 1.23 bits per heavy atom. The molecule has 7 heteroatoms. The molecule has 2 rings (SSSR count). The Kier molecular flexibility index (Phi) is 4.25. The van der Waals surface area contributed by atoms with E-state index in [-0.39, 0.29) is 18.7 Å². The van der Waals surface area contributed by atoms with Crippen molar-refractivity contribution in [1.82, 2.24) is 4.57 Å². The molecule has 0 aliphatic carbocycles. The lowest BCUT2D eigenvalue weighted by molar-refractivity contribution is -0.142. The predicted molar refractivity (Wildman–Crippen MR) is 81.5 cm³/mol. The summed E-state index contributed by atoms with van der Waals surface area (Å²) in [6, 6.07) is 4.21. The number of carboxylic acid groups (broad SMARTS) is 2. The SMILES string of the molecule is CN(C)c1cccc2c(O)n(C(CCC(=O)O)C(=O)O)cc12. The van der Waals surface area contributed by atoms with Crippen LogP contribution >= 0.6 is 0 Å². The number of hydrogen-bond donors (Lipinski definition) is 3. The average molecular weight is 306 g/mol. The summed E-state index contributed by atoms with van der Waals surface area (Å²) in [4.78, 5) is 24.0. The zero-order valence-corrected chi connectivity index (χ0v) is 12.4. The number of benzene rings is 1. The third-order valence-electron chi connectivity index (χ3n) is 3.57. The fourth-order valence-corrected chi connectivity index (χ4v) is 2.49. The molecule has 0 saturated carbocycles. The molecule has 7 nitrogen and oxygen atoms in total. The van der Waals surface area contributed by atoms with E-state index in [1.165, 1.54) is 4.57 Å². The summed E-state index contributed by atoms with van der Waals surface area (Å²) in [7, 11) is 3.70. The van der Waals surface area contributed by atoms with E-state index in [4.69, 9.17) is 5.11 Å². The van der Waals surface area contributed by atoms with E-state index in [2.05, 4.69) is 0 Å². The number of anilines is 1. The van der Waals surface area contributed by atoms with Gasteiger partial charge in [0, 0.05) is 43.2 Å². The van der Waals surface area contributed by atoms with Gasteiger partial charge in [-0.2, -0.15) is 0 Å². The molecule has 2 aromatic rings. The van der Waals surface area contributed by atoms with Crippen molar-refractivity contribution >= 4 is 28.4 Å². The Hall–Kier alpha value is -2.70. The van der Waals surface area contributed by atoms with Gasteiger partial charge < -0.3 is 24.8 Å². The van der Waals surface area contributed by atoms with Crippen molar-refractivity contribution in [3.8, 4) is 5.88 Å². The van der Waals surface area contributed by atoms with Crippen molar-refractivity contribution in [2.24, 2.45) is 0 Å². The third kappa shape index (κ3) is 2.83. The van der Waals surface area contributed by atoms with Gasteiger partial charge in [-0.15, -0.1) is 0 Å². The summed E-state index contributed by atoms with van der Waals surface area (Å²) in [6.45, 7) is 0. The van der Waals surface area contributed by atoms with Crippen molar-refractivity contribution in [2.45, 2.75) is 18.9 Å². The van der Waals surface area contributed by atoms with Gasteiger partial charge in [0.05, 0.1) is 0 Å². The van der Waals surface area contributed by atoms with Crippen LogP contribution in [-0.4, -0.2) is 45.9 Å². The monoisotopic (exact) mass is 306 g/mol. The average Bonchev–Trinajstić information content (AvgIpc) is 2.76. The van der Waals surface area contributed by atoms with Gasteiger partial charge in [-0.05, 0) is 18.6 Å². The number of nitrogens with zero attached hydrogens (tertiary/aromatic N) is 2. The zero-order valence-electron chi connectivity index (χ0n) is 12.4. The van der Waals surface area contributed by atoms with Gasteiger partial charge in [-0.3, -0.25) is 4.79 Å². The van der Waals surface area contributed by atoms with Gasteiger partial charge in [0.15, 0.2) is 5.88 Å². The van der Waals surface area contributed by atoms with Crippen LogP contribution in [0.3, 0.4) is 0 Å². The topological polar surface area (TPSA) is 103 Å². The Bertz CT molecular complexity index is 720. The summed E-state index contributed by atoms with van der Waals surface area (Å²) in [5, 5.41) is 29.6. The minimum atomic E-state index is -1.18. The molecule has 0 bridgehead atoms. The maximum atomic E-state index is 11.4. The van der Waals surface area contributed by atoms with Gasteiger partial charge in [0.2, 0.25) is 0 Å². The molecule has 118 valence electrons. The molecule has 1 heterocycles. The number of aromatic nitrogens is 1. The summed E-state index contributed by atoms with van der Waals surface area (Å²) in [5.74, 6) is -2.42. The number of carboxylic acids is 2. The lowest BCUT2D eigenvalue weighted by Crippen LogP contribution is -2.19. The second-order valence-electron chi connectivity index (χ2n) is 5.28. The highest BCUT2D eigenvalue weighted by atomic mass is 16.4. The minimum Gasteiger partial charge on any atom is -0.494 e. The Labute approximate surface area is 127 Å². The molecular weight excluding hydrogens is 288 g/mol. The van der Waals surface area contributed by atoms with Gasteiger partial charge in [0.25, 0.3) is 0 Å². The highest BCUT2D eigenvalue weighted by molar-refractivity contribution is 5.98. The highest BCUT2D eigenvalue weighted by Gasteiger charge is 2.25. The van der Waals surface area contributed by atoms with Gasteiger partial charge in [0.1, 0.15) is 6.04 Å². The van der Waals surface area contributed by atoms with Crippen LogP contribution in [-0.2, 0) is 9.59 Å². The number of aliphatic carboxylic acids is 2. The first-order chi connectivity index (χ1) is 10.3. The number of hydrogen-bond acceptors (Lipinski definition) is 4. The standard InChI is InChI=1S/C15H18N2O5/c1-16(2)11-5-3-4-9-10(11)8-17(14(9)20)12(15(21)22)6-7-13(18)19/h3-5,8,12,20H,6-7H2,1-2H3,(H,18,19)(H,21,22). The molecule has 1 unspecified atom stereocenters. The molecule has 22 heavy (non-hydrogen) atoms. The maximum absolute atomic E-state index is 11.4. The van der Waals surface area contributed by atoms with Crippen molar-refractivity contribution < 1.29 is 24.9 Å². The summed E-state index contributed by atoms with van der Waals surface area (Å²) >= 11 is 0. The molecule has 0 spiro atoms. The summed E-state index contributed by atoms with van der Waals surface area (Å²) in [5.41, 5.74) is 0.842. The molecule has 1 atom stereocenters. The molecule has 1 aromatic carbocycles. The molecule has 0 amide bonds. The lowest BCUT2D eigenvalue weighted by Gasteiger charge is -2.14. The summed E-state index contributed by atoms with van der Waals surface area (Å²) < 4.78 is 1.23. The van der Waals surface area contributed by atoms with Gasteiger partial charge in [-0.1, -0.05) is 6.07 Å². The van der Waals surface area contributed by atoms with Crippen molar-refractivity contribution in [1.29, 1.82) is 0 Å². The van der Waals surface area contributed by atoms with Crippen molar-refractivity contribution in [3.05, 3.63) is 24.4 Å². The Morgan fingerprint density at radius 2 is 1.91 bits per heavy atom. The second kappa shape index (κ2) is 5.97. The molecule has 1 aromatic heterocycles. The van der Waals surface area contributed by atoms with Crippen LogP contribution in [0.4, 0.5) is 5.69 Å². The molecule has 0 saturated heterocycles. The normalized spacial score (nSPS) is 12.3. The zero-order chi connectivity index (χ0) is 16.4. The minimum absolute atomic E-state index is 0.101. The molecule has 0 radical (unpaired) electrons. The second-order valence-corrected chi connectivity index (χ2v) is 5.28. The number of carbonyl (C=O) groups is 2. The van der Waals surface area contributed by atoms with Gasteiger partial charge in [-0.25, -0.2) is 4.79 Å². The fraction of sp³-hybridized carbons (Fsp3) is 0.333. The predicted octanol–water partition coefficient (Wildman–Crippen LogP) is 1.90. The first kappa shape index (κ1) is 15.7. The van der Waals surface area contributed by atoms with Gasteiger partial charge >= 0.3 is 11.9 Å². The van der Waals surface area contributed by atoms with Crippen LogP contribution in [0.1, 0.15) is 18.9 Å². The van der Waals surface area contributed by atoms with E-state index >= 15 is 0 Å². The maximum Gasteiger partial charge on any atom is 0.326 e. The quantitative estimate of drug-likeness (QED) is 0.753. The molecule has 3 N–H and O–H groups in total. The van der Waals surface area contributed by atoms with Crippen molar-refractivity contribution in [2.75, 3.05) is 19.0 Å². The van der Waals surface area contributed by atoms with Crippen LogP contribution in [0.15, 0.2) is 24.4 Å². The lowest BCUT2D eigenvalue weighted by atomic mass is 10.1. The number of rotatable bonds is 6. The first-order valence-corrected chi connectivity index (χ1v) is 6.77. The van der Waals surface area contributed by atoms with Crippen LogP contribution in [0.5, 0.6) is 5.88 Å². The van der Waals surface area contributed by atoms with E-state index in [0.717, 1.165) is 5.69 Å². The summed E-state index contributed by atoms with van der Waals surface area (Å²) in [6.07, 6.45) is 1.17. The van der Waals surface area contributed by atoms with E-state index in [1.54, 1.807) is 18.3 Å².